The van der Waals surface area contributed by atoms with E-state index in [-0.39, 0.29) is 12.1 Å². The van der Waals surface area contributed by atoms with Gasteiger partial charge >= 0.3 is 0 Å². The van der Waals surface area contributed by atoms with Gasteiger partial charge in [-0.3, -0.25) is 0 Å². The third-order valence-electron chi connectivity index (χ3n) is 3.83. The van der Waals surface area contributed by atoms with Gasteiger partial charge in [0.25, 0.3) is 0 Å². The predicted molar refractivity (Wildman–Crippen MR) is 82.7 cm³/mol. The van der Waals surface area contributed by atoms with E-state index < -0.39 is 15.3 Å². The van der Waals surface area contributed by atoms with E-state index in [0.717, 1.165) is 11.3 Å². The summed E-state index contributed by atoms with van der Waals surface area (Å²) in [4.78, 5) is 2.40. The third kappa shape index (κ3) is 3.24. The summed E-state index contributed by atoms with van der Waals surface area (Å²) in [6.07, 6.45) is 1.34. The van der Waals surface area contributed by atoms with Gasteiger partial charge in [-0.1, -0.05) is 6.92 Å². The molecule has 0 aromatic carbocycles. The number of rotatable bonds is 5. The fourth-order valence-corrected chi connectivity index (χ4v) is 5.60. The minimum absolute atomic E-state index is 0.184. The molecule has 0 aliphatic carbocycles. The number of nitrogens with one attached hydrogen (secondary N) is 1. The molecule has 1 saturated heterocycles. The lowest BCUT2D eigenvalue weighted by molar-refractivity contribution is 0.126. The highest BCUT2D eigenvalue weighted by Gasteiger charge is 2.36. The topological polar surface area (TPSA) is 55.4 Å². The van der Waals surface area contributed by atoms with Crippen LogP contribution in [0, 0.1) is 6.92 Å². The van der Waals surface area contributed by atoms with Gasteiger partial charge in [0.05, 0.1) is 12.1 Å². The van der Waals surface area contributed by atoms with Crippen LogP contribution in [0.15, 0.2) is 6.07 Å². The van der Waals surface area contributed by atoms with Crippen LogP contribution in [0.1, 0.15) is 48.6 Å². The van der Waals surface area contributed by atoms with Gasteiger partial charge in [-0.05, 0) is 45.2 Å². The Morgan fingerprint density at radius 2 is 2.25 bits per heavy atom. The molecule has 1 fully saturated rings. The summed E-state index contributed by atoms with van der Waals surface area (Å²) >= 11 is 1.69. The Bertz CT molecular complexity index is 565. The summed E-state index contributed by atoms with van der Waals surface area (Å²) in [5.74, 6) is 0. The Labute approximate surface area is 125 Å². The Hall–Kier alpha value is -0.430. The second-order valence-corrected chi connectivity index (χ2v) is 8.50. The number of sulfonamides is 1. The Morgan fingerprint density at radius 3 is 2.75 bits per heavy atom. The number of ether oxygens (including phenoxy) is 1. The molecule has 20 heavy (non-hydrogen) atoms. The molecule has 0 unspecified atom stereocenters. The first-order valence-corrected chi connectivity index (χ1v) is 9.43. The zero-order valence-corrected chi connectivity index (χ0v) is 14.1. The second-order valence-electron chi connectivity index (χ2n) is 5.40. The molecule has 1 aromatic rings. The fourth-order valence-electron chi connectivity index (χ4n) is 2.62. The highest BCUT2D eigenvalue weighted by Crippen LogP contribution is 2.29. The highest BCUT2D eigenvalue weighted by molar-refractivity contribution is 7.90. The molecule has 1 aliphatic rings. The van der Waals surface area contributed by atoms with Crippen molar-refractivity contribution in [2.45, 2.75) is 57.9 Å². The minimum atomic E-state index is -3.34. The SMILES string of the molecule is CCc1sc([C@H](C)NS(=O)(=O)[C@@H]2CCO[C@@H]2C)cc1C. The van der Waals surface area contributed by atoms with E-state index in [4.69, 9.17) is 4.74 Å². The summed E-state index contributed by atoms with van der Waals surface area (Å²) in [7, 11) is -3.34. The molecular formula is C14H23NO3S2. The molecule has 2 rings (SSSR count). The van der Waals surface area contributed by atoms with Gasteiger partial charge in [0.1, 0.15) is 5.25 Å². The van der Waals surface area contributed by atoms with E-state index >= 15 is 0 Å². The molecule has 1 aromatic heterocycles. The van der Waals surface area contributed by atoms with Crippen LogP contribution in [0.4, 0.5) is 0 Å². The first-order valence-electron chi connectivity index (χ1n) is 7.07. The highest BCUT2D eigenvalue weighted by atomic mass is 32.2. The Morgan fingerprint density at radius 1 is 1.55 bits per heavy atom. The molecule has 114 valence electrons. The summed E-state index contributed by atoms with van der Waals surface area (Å²) in [6, 6.07) is 1.91. The quantitative estimate of drug-likeness (QED) is 0.908. The van der Waals surface area contributed by atoms with Crippen LogP contribution in [-0.4, -0.2) is 26.4 Å². The largest absolute Gasteiger partial charge is 0.377 e. The first-order chi connectivity index (χ1) is 9.35. The van der Waals surface area contributed by atoms with Gasteiger partial charge in [0, 0.05) is 16.4 Å². The maximum absolute atomic E-state index is 12.4. The Kier molecular flexibility index (Phi) is 4.89. The van der Waals surface area contributed by atoms with Crippen LogP contribution >= 0.6 is 11.3 Å². The molecule has 0 amide bonds. The molecule has 0 saturated carbocycles. The molecule has 0 spiro atoms. The average molecular weight is 317 g/mol. The van der Waals surface area contributed by atoms with Crippen LogP contribution in [0.25, 0.3) is 0 Å². The fraction of sp³-hybridized carbons (Fsp3) is 0.714. The minimum Gasteiger partial charge on any atom is -0.377 e. The van der Waals surface area contributed by atoms with Gasteiger partial charge in [0.15, 0.2) is 0 Å². The van der Waals surface area contributed by atoms with E-state index in [9.17, 15) is 8.42 Å². The van der Waals surface area contributed by atoms with Crippen molar-refractivity contribution in [1.82, 2.24) is 4.72 Å². The summed E-state index contributed by atoms with van der Waals surface area (Å²) in [5.41, 5.74) is 1.25. The van der Waals surface area contributed by atoms with Crippen LogP contribution in [0.5, 0.6) is 0 Å². The number of hydrogen-bond donors (Lipinski definition) is 1. The van der Waals surface area contributed by atoms with Gasteiger partial charge in [0.2, 0.25) is 10.0 Å². The lowest BCUT2D eigenvalue weighted by Gasteiger charge is -2.19. The van der Waals surface area contributed by atoms with Crippen molar-refractivity contribution in [3.05, 3.63) is 21.4 Å². The van der Waals surface area contributed by atoms with Crippen LogP contribution in [-0.2, 0) is 21.2 Å². The maximum Gasteiger partial charge on any atom is 0.217 e. The molecule has 2 heterocycles. The van der Waals surface area contributed by atoms with Gasteiger partial charge in [-0.25, -0.2) is 13.1 Å². The van der Waals surface area contributed by atoms with E-state index in [0.29, 0.717) is 13.0 Å². The predicted octanol–water partition coefficient (Wildman–Crippen LogP) is 2.78. The van der Waals surface area contributed by atoms with Crippen LogP contribution in [0.2, 0.25) is 0 Å². The van der Waals surface area contributed by atoms with E-state index in [1.807, 2.05) is 13.8 Å². The van der Waals surface area contributed by atoms with E-state index in [2.05, 4.69) is 24.6 Å². The van der Waals surface area contributed by atoms with Crippen molar-refractivity contribution in [3.8, 4) is 0 Å². The number of hydrogen-bond acceptors (Lipinski definition) is 4. The van der Waals surface area contributed by atoms with E-state index in [1.54, 1.807) is 11.3 Å². The van der Waals surface area contributed by atoms with Gasteiger partial charge in [-0.15, -0.1) is 11.3 Å². The van der Waals surface area contributed by atoms with Crippen molar-refractivity contribution in [2.75, 3.05) is 6.61 Å². The Balaban J connectivity index is 2.12. The molecule has 0 radical (unpaired) electrons. The third-order valence-corrected chi connectivity index (χ3v) is 7.50. The molecule has 0 bridgehead atoms. The van der Waals surface area contributed by atoms with Crippen molar-refractivity contribution in [1.29, 1.82) is 0 Å². The number of thiophene rings is 1. The molecule has 4 nitrogen and oxygen atoms in total. The van der Waals surface area contributed by atoms with Crippen molar-refractivity contribution in [3.63, 3.8) is 0 Å². The standard InChI is InChI=1S/C14H23NO3S2/c1-5-12-9(2)8-13(19-12)10(3)15-20(16,17)14-6-7-18-11(14)4/h8,10-11,14-15H,5-7H2,1-4H3/t10-,11+,14+/m0/s1. The zero-order valence-electron chi connectivity index (χ0n) is 12.5. The van der Waals surface area contributed by atoms with E-state index in [1.165, 1.54) is 10.4 Å². The van der Waals surface area contributed by atoms with Gasteiger partial charge < -0.3 is 4.74 Å². The van der Waals surface area contributed by atoms with Crippen LogP contribution in [0.3, 0.4) is 0 Å². The van der Waals surface area contributed by atoms with Crippen molar-refractivity contribution in [2.24, 2.45) is 0 Å². The average Bonchev–Trinajstić information content (AvgIpc) is 2.94. The summed E-state index contributed by atoms with van der Waals surface area (Å²) < 4.78 is 33.0. The zero-order chi connectivity index (χ0) is 14.9. The monoisotopic (exact) mass is 317 g/mol. The van der Waals surface area contributed by atoms with Crippen molar-refractivity contribution >= 4 is 21.4 Å². The molecule has 3 atom stereocenters. The lowest BCUT2D eigenvalue weighted by atomic mass is 10.2. The lowest BCUT2D eigenvalue weighted by Crippen LogP contribution is -2.39. The second kappa shape index (κ2) is 6.13. The smallest absolute Gasteiger partial charge is 0.217 e. The molecule has 1 aliphatic heterocycles. The van der Waals surface area contributed by atoms with Crippen LogP contribution < -0.4 is 4.72 Å². The summed E-state index contributed by atoms with van der Waals surface area (Å²) in [5, 5.41) is -0.434. The summed E-state index contributed by atoms with van der Waals surface area (Å²) in [6.45, 7) is 8.45. The molecular weight excluding hydrogens is 294 g/mol. The van der Waals surface area contributed by atoms with Crippen molar-refractivity contribution < 1.29 is 13.2 Å². The molecule has 1 N–H and O–H groups in total. The normalized spacial score (nSPS) is 25.0. The first kappa shape index (κ1) is 15.9. The maximum atomic E-state index is 12.4. The number of aryl methyl sites for hydroxylation is 2. The molecule has 6 heteroatoms. The van der Waals surface area contributed by atoms with Gasteiger partial charge in [-0.2, -0.15) is 0 Å².